The standard InChI is InChI=1S/C60H30N8/c61-31-35-9-21-55-45(25-35)46-26-36(32-62)10-22-56(46)67(55)41-16-18-44-49(29-41)59(53-19-13-39-5-1-3-7-51(39)65-53)43-17-15-42(30-50(43)60(44)54-20-14-40-6-2-4-8-52(40)66-54)68-57-23-11-37(33-63)27-47(57)48-28-38(34-64)12-24-58(48)68/h1-30H. The van der Waals surface area contributed by atoms with Gasteiger partial charge in [0.1, 0.15) is 0 Å². The Morgan fingerprint density at radius 1 is 0.309 bits per heavy atom. The zero-order valence-corrected chi connectivity index (χ0v) is 35.9. The second kappa shape index (κ2) is 14.7. The normalized spacial score (nSPS) is 11.5. The maximum Gasteiger partial charge on any atom is 0.0991 e. The van der Waals surface area contributed by atoms with Crippen molar-refractivity contribution in [3.63, 3.8) is 0 Å². The molecule has 0 saturated carbocycles. The first kappa shape index (κ1) is 38.3. The summed E-state index contributed by atoms with van der Waals surface area (Å²) in [4.78, 5) is 10.7. The number of fused-ring (bicyclic) bond motifs is 10. The number of benzene rings is 9. The third-order valence-electron chi connectivity index (χ3n) is 13.4. The molecule has 13 rings (SSSR count). The number of hydrogen-bond acceptors (Lipinski definition) is 6. The Morgan fingerprint density at radius 3 is 1.01 bits per heavy atom. The molecule has 68 heavy (non-hydrogen) atoms. The lowest BCUT2D eigenvalue weighted by molar-refractivity contribution is 1.18. The zero-order valence-electron chi connectivity index (χ0n) is 35.9. The van der Waals surface area contributed by atoms with E-state index in [1.165, 1.54) is 0 Å². The van der Waals surface area contributed by atoms with Gasteiger partial charge in [0.25, 0.3) is 0 Å². The van der Waals surface area contributed by atoms with Crippen LogP contribution in [0.5, 0.6) is 0 Å². The number of pyridine rings is 2. The summed E-state index contributed by atoms with van der Waals surface area (Å²) in [5, 5.41) is 49.3. The van der Waals surface area contributed by atoms with Crippen LogP contribution in [0.4, 0.5) is 0 Å². The molecular weight excluding hydrogens is 833 g/mol. The summed E-state index contributed by atoms with van der Waals surface area (Å²) in [6.07, 6.45) is 0. The molecule has 0 radical (unpaired) electrons. The molecule has 0 N–H and O–H groups in total. The van der Waals surface area contributed by atoms with Gasteiger partial charge in [0.05, 0.1) is 91.0 Å². The topological polar surface area (TPSA) is 131 Å². The molecule has 0 spiro atoms. The number of nitriles is 4. The van der Waals surface area contributed by atoms with E-state index in [0.29, 0.717) is 22.3 Å². The van der Waals surface area contributed by atoms with Crippen molar-refractivity contribution in [2.24, 2.45) is 0 Å². The van der Waals surface area contributed by atoms with Crippen molar-refractivity contribution >= 4 is 87.0 Å². The molecule has 9 aromatic carbocycles. The lowest BCUT2D eigenvalue weighted by atomic mass is 9.87. The largest absolute Gasteiger partial charge is 0.309 e. The van der Waals surface area contributed by atoms with Crippen molar-refractivity contribution < 1.29 is 0 Å². The highest BCUT2D eigenvalue weighted by Crippen LogP contribution is 2.46. The summed E-state index contributed by atoms with van der Waals surface area (Å²) in [5.74, 6) is 0. The van der Waals surface area contributed by atoms with Gasteiger partial charge in [-0.15, -0.1) is 0 Å². The Hall–Kier alpha value is -10.1. The molecule has 0 aliphatic carbocycles. The van der Waals surface area contributed by atoms with Crippen molar-refractivity contribution in [3.8, 4) is 58.2 Å². The number of rotatable bonds is 4. The van der Waals surface area contributed by atoms with Crippen molar-refractivity contribution in [2.45, 2.75) is 0 Å². The molecule has 0 fully saturated rings. The monoisotopic (exact) mass is 862 g/mol. The first-order valence-electron chi connectivity index (χ1n) is 22.0. The summed E-state index contributed by atoms with van der Waals surface area (Å²) in [6, 6.07) is 70.0. The van der Waals surface area contributed by atoms with Gasteiger partial charge >= 0.3 is 0 Å². The molecule has 0 amide bonds. The summed E-state index contributed by atoms with van der Waals surface area (Å²) >= 11 is 0. The van der Waals surface area contributed by atoms with Gasteiger partial charge in [0, 0.05) is 54.8 Å². The molecule has 8 heteroatoms. The van der Waals surface area contributed by atoms with Crippen LogP contribution >= 0.6 is 0 Å². The first-order valence-corrected chi connectivity index (χ1v) is 22.0. The van der Waals surface area contributed by atoms with Gasteiger partial charge in [-0.3, -0.25) is 0 Å². The molecule has 0 bridgehead atoms. The molecule has 310 valence electrons. The van der Waals surface area contributed by atoms with E-state index in [2.05, 4.69) is 106 Å². The maximum absolute atomic E-state index is 9.94. The fourth-order valence-electron chi connectivity index (χ4n) is 10.3. The molecule has 0 atom stereocenters. The van der Waals surface area contributed by atoms with Gasteiger partial charge < -0.3 is 9.13 Å². The number of para-hydroxylation sites is 2. The Balaban J connectivity index is 1.18. The van der Waals surface area contributed by atoms with E-state index in [1.807, 2.05) is 109 Å². The summed E-state index contributed by atoms with van der Waals surface area (Å²) in [6.45, 7) is 0. The second-order valence-electron chi connectivity index (χ2n) is 17.0. The van der Waals surface area contributed by atoms with E-state index in [1.54, 1.807) is 0 Å². The van der Waals surface area contributed by atoms with E-state index in [4.69, 9.17) is 9.97 Å². The third kappa shape index (κ3) is 5.70. The molecule has 0 saturated heterocycles. The van der Waals surface area contributed by atoms with Crippen LogP contribution in [0.2, 0.25) is 0 Å². The number of nitrogens with zero attached hydrogens (tertiary/aromatic N) is 8. The fraction of sp³-hybridized carbons (Fsp3) is 0. The predicted octanol–water partition coefficient (Wildman–Crippen LogP) is 14.1. The molecule has 8 nitrogen and oxygen atoms in total. The van der Waals surface area contributed by atoms with Crippen LogP contribution in [0.3, 0.4) is 0 Å². The van der Waals surface area contributed by atoms with Crippen LogP contribution in [-0.2, 0) is 0 Å². The Kier molecular flexibility index (Phi) is 8.30. The van der Waals surface area contributed by atoms with E-state index in [0.717, 1.165) is 121 Å². The smallest absolute Gasteiger partial charge is 0.0991 e. The average Bonchev–Trinajstić information content (AvgIpc) is 3.90. The second-order valence-corrected chi connectivity index (χ2v) is 17.0. The number of aromatic nitrogens is 4. The van der Waals surface area contributed by atoms with Gasteiger partial charge in [-0.05, 0) is 143 Å². The van der Waals surface area contributed by atoms with E-state index in [9.17, 15) is 21.0 Å². The van der Waals surface area contributed by atoms with Crippen LogP contribution in [0.25, 0.3) is 121 Å². The minimum atomic E-state index is 0.542. The highest BCUT2D eigenvalue weighted by Gasteiger charge is 2.23. The average molecular weight is 863 g/mol. The Morgan fingerprint density at radius 2 is 0.662 bits per heavy atom. The molecule has 0 aliphatic rings. The first-order chi connectivity index (χ1) is 33.5. The maximum atomic E-state index is 9.94. The lowest BCUT2D eigenvalue weighted by Gasteiger charge is -2.20. The molecule has 0 unspecified atom stereocenters. The van der Waals surface area contributed by atoms with Gasteiger partial charge in [-0.25, -0.2) is 9.97 Å². The van der Waals surface area contributed by atoms with Crippen LogP contribution in [0.15, 0.2) is 182 Å². The minimum absolute atomic E-state index is 0.542. The van der Waals surface area contributed by atoms with Gasteiger partial charge in [-0.2, -0.15) is 21.0 Å². The van der Waals surface area contributed by atoms with E-state index >= 15 is 0 Å². The SMILES string of the molecule is N#Cc1ccc2c(c1)c1cc(C#N)ccc1n2-c1ccc2c(-c3ccc4ccccc4n3)c3cc(-n4c5ccc(C#N)cc5c5cc(C#N)ccc54)ccc3c(-c3ccc4ccccc4n3)c2c1. The van der Waals surface area contributed by atoms with Gasteiger partial charge in [0.15, 0.2) is 0 Å². The van der Waals surface area contributed by atoms with Crippen molar-refractivity contribution in [3.05, 3.63) is 204 Å². The van der Waals surface area contributed by atoms with Crippen LogP contribution in [0, 0.1) is 45.3 Å². The highest BCUT2D eigenvalue weighted by atomic mass is 15.0. The van der Waals surface area contributed by atoms with Crippen LogP contribution < -0.4 is 0 Å². The zero-order chi connectivity index (χ0) is 45.6. The van der Waals surface area contributed by atoms with Crippen LogP contribution in [-0.4, -0.2) is 19.1 Å². The predicted molar refractivity (Wildman–Crippen MR) is 270 cm³/mol. The Labute approximate surface area is 387 Å². The minimum Gasteiger partial charge on any atom is -0.309 e. The Bertz CT molecular complexity index is 4130. The molecule has 0 aliphatic heterocycles. The fourth-order valence-corrected chi connectivity index (χ4v) is 10.3. The van der Waals surface area contributed by atoms with Crippen molar-refractivity contribution in [1.82, 2.24) is 19.1 Å². The molecule has 4 heterocycles. The van der Waals surface area contributed by atoms with E-state index in [-0.39, 0.29) is 0 Å². The molecule has 13 aromatic rings. The summed E-state index contributed by atoms with van der Waals surface area (Å²) in [5.41, 5.74) is 12.9. The number of hydrogen-bond donors (Lipinski definition) is 0. The summed E-state index contributed by atoms with van der Waals surface area (Å²) < 4.78 is 4.42. The lowest BCUT2D eigenvalue weighted by Crippen LogP contribution is -1.99. The highest BCUT2D eigenvalue weighted by molar-refractivity contribution is 6.22. The summed E-state index contributed by atoms with van der Waals surface area (Å²) in [7, 11) is 0. The van der Waals surface area contributed by atoms with E-state index < -0.39 is 0 Å². The van der Waals surface area contributed by atoms with Crippen LogP contribution in [0.1, 0.15) is 22.3 Å². The quantitative estimate of drug-likeness (QED) is 0.162. The van der Waals surface area contributed by atoms with Gasteiger partial charge in [0.2, 0.25) is 0 Å². The van der Waals surface area contributed by atoms with Crippen molar-refractivity contribution in [2.75, 3.05) is 0 Å². The van der Waals surface area contributed by atoms with Gasteiger partial charge in [-0.1, -0.05) is 60.7 Å². The third-order valence-corrected chi connectivity index (χ3v) is 13.4. The molecule has 4 aromatic heterocycles. The molecular formula is C60H30N8. The van der Waals surface area contributed by atoms with Crippen molar-refractivity contribution in [1.29, 1.82) is 21.0 Å².